The molecule has 1 aliphatic heterocycles. The van der Waals surface area contributed by atoms with Gasteiger partial charge in [0.15, 0.2) is 5.96 Å². The number of hydrogen-bond acceptors (Lipinski definition) is 10. The summed E-state index contributed by atoms with van der Waals surface area (Å²) in [6.45, 7) is 6.34. The van der Waals surface area contributed by atoms with Crippen molar-refractivity contribution in [2.75, 3.05) is 13.1 Å². The van der Waals surface area contributed by atoms with Gasteiger partial charge in [0.1, 0.15) is 30.2 Å². The van der Waals surface area contributed by atoms with E-state index in [1.807, 2.05) is 24.3 Å². The number of nitrogens with one attached hydrogen (secondary N) is 5. The number of aromatic amines is 1. The highest BCUT2D eigenvalue weighted by molar-refractivity contribution is 5.97. The number of carboxylic acid groups (broad SMARTS) is 1. The zero-order valence-electron chi connectivity index (χ0n) is 31.7. The maximum absolute atomic E-state index is 13.6. The van der Waals surface area contributed by atoms with E-state index in [0.717, 1.165) is 16.5 Å². The molecule has 2 heterocycles. The number of para-hydroxylation sites is 1. The lowest BCUT2D eigenvalue weighted by molar-refractivity contribution is -0.143. The first-order valence-electron chi connectivity index (χ1n) is 18.4. The topological polar surface area (TPSA) is 321 Å². The number of aliphatic hydroxyl groups excluding tert-OH is 2. The van der Waals surface area contributed by atoms with E-state index >= 15 is 0 Å². The molecule has 19 nitrogen and oxygen atoms in total. The number of H-pyrrole nitrogens is 1. The van der Waals surface area contributed by atoms with Crippen molar-refractivity contribution in [1.29, 1.82) is 0 Å². The van der Waals surface area contributed by atoms with Crippen LogP contribution < -0.4 is 38.5 Å². The molecule has 0 aliphatic carbocycles. The van der Waals surface area contributed by atoms with Gasteiger partial charge in [0.2, 0.25) is 29.5 Å². The molecule has 1 aromatic heterocycles. The van der Waals surface area contributed by atoms with Crippen molar-refractivity contribution in [3.8, 4) is 0 Å². The van der Waals surface area contributed by atoms with Gasteiger partial charge >= 0.3 is 5.97 Å². The maximum atomic E-state index is 13.6. The number of aliphatic carboxylic acids is 1. The number of aromatic nitrogens is 1. The molecule has 0 radical (unpaired) electrons. The molecule has 0 saturated carbocycles. The summed E-state index contributed by atoms with van der Waals surface area (Å²) in [6.07, 6.45) is -0.00226. The first-order valence-corrected chi connectivity index (χ1v) is 18.4. The Hall–Kier alpha value is -5.27. The molecule has 304 valence electrons. The van der Waals surface area contributed by atoms with Gasteiger partial charge in [0, 0.05) is 30.2 Å². The van der Waals surface area contributed by atoms with Crippen LogP contribution in [-0.2, 0) is 35.2 Å². The van der Waals surface area contributed by atoms with Crippen LogP contribution in [0.4, 0.5) is 0 Å². The zero-order chi connectivity index (χ0) is 41.0. The van der Waals surface area contributed by atoms with E-state index in [-0.39, 0.29) is 57.1 Å². The monoisotopic (exact) mass is 772 g/mol. The SMILES string of the molecule is CC(C)C[C@H](NC(=O)[C@H](CCCN=C(N)N)NC(=O)[C@@H](NC(=O)[C@@H](NC(=O)[C@@H]1CCCN1C(=O)[C@@H](N)Cc1c[nH]c2ccccc12)[C@@H](C)O)[C@@H](C)O)C(=O)O. The predicted octanol–water partition coefficient (Wildman–Crippen LogP) is -2.09. The number of nitrogens with two attached hydrogens (primary N) is 3. The highest BCUT2D eigenvalue weighted by atomic mass is 16.4. The summed E-state index contributed by atoms with van der Waals surface area (Å²) in [5, 5.41) is 41.4. The van der Waals surface area contributed by atoms with Gasteiger partial charge in [-0.15, -0.1) is 0 Å². The number of guanidine groups is 1. The van der Waals surface area contributed by atoms with Crippen molar-refractivity contribution in [1.82, 2.24) is 31.2 Å². The van der Waals surface area contributed by atoms with Crippen LogP contribution in [0.25, 0.3) is 10.9 Å². The number of rotatable bonds is 20. The fourth-order valence-electron chi connectivity index (χ4n) is 6.44. The Balaban J connectivity index is 1.71. The Kier molecular flexibility index (Phi) is 16.4. The van der Waals surface area contributed by atoms with Crippen molar-refractivity contribution in [2.24, 2.45) is 28.1 Å². The fourth-order valence-corrected chi connectivity index (χ4v) is 6.44. The molecule has 2 aromatic rings. The van der Waals surface area contributed by atoms with Gasteiger partial charge in [-0.25, -0.2) is 4.79 Å². The summed E-state index contributed by atoms with van der Waals surface area (Å²) >= 11 is 0. The predicted molar refractivity (Wildman–Crippen MR) is 203 cm³/mol. The van der Waals surface area contributed by atoms with Gasteiger partial charge in [0.25, 0.3) is 0 Å². The molecular formula is C36H56N10O9. The number of nitrogens with zero attached hydrogens (tertiary/aromatic N) is 2. The number of aliphatic imine (C=N–C) groups is 1. The molecule has 14 N–H and O–H groups in total. The summed E-state index contributed by atoms with van der Waals surface area (Å²) in [6, 6.07) is -0.265. The number of benzene rings is 1. The molecule has 1 aromatic carbocycles. The van der Waals surface area contributed by atoms with Crippen molar-refractivity contribution in [3.63, 3.8) is 0 Å². The van der Waals surface area contributed by atoms with E-state index in [1.54, 1.807) is 20.0 Å². The lowest BCUT2D eigenvalue weighted by atomic mass is 10.0. The molecule has 19 heteroatoms. The van der Waals surface area contributed by atoms with Crippen molar-refractivity contribution in [3.05, 3.63) is 36.0 Å². The minimum Gasteiger partial charge on any atom is -0.480 e. The first-order chi connectivity index (χ1) is 25.9. The molecule has 55 heavy (non-hydrogen) atoms. The third-order valence-electron chi connectivity index (χ3n) is 9.30. The van der Waals surface area contributed by atoms with Crippen LogP contribution in [-0.4, -0.2) is 128 Å². The highest BCUT2D eigenvalue weighted by Crippen LogP contribution is 2.22. The number of aliphatic hydroxyl groups is 2. The molecule has 0 bridgehead atoms. The number of carbonyl (C=O) groups is 6. The van der Waals surface area contributed by atoms with Gasteiger partial charge in [0.05, 0.1) is 18.2 Å². The maximum Gasteiger partial charge on any atom is 0.326 e. The third kappa shape index (κ3) is 12.6. The van der Waals surface area contributed by atoms with Crippen LogP contribution in [0, 0.1) is 5.92 Å². The van der Waals surface area contributed by atoms with E-state index in [4.69, 9.17) is 17.2 Å². The number of hydrogen-bond donors (Lipinski definition) is 11. The molecule has 0 unspecified atom stereocenters. The second-order valence-electron chi connectivity index (χ2n) is 14.4. The lowest BCUT2D eigenvalue weighted by Gasteiger charge is -2.30. The average Bonchev–Trinajstić information content (AvgIpc) is 3.77. The normalized spacial score (nSPS) is 18.0. The molecule has 1 fully saturated rings. The van der Waals surface area contributed by atoms with Gasteiger partial charge in [-0.3, -0.25) is 29.0 Å². The van der Waals surface area contributed by atoms with Gasteiger partial charge < -0.3 is 63.7 Å². The van der Waals surface area contributed by atoms with E-state index < -0.39 is 84.0 Å². The molecule has 1 saturated heterocycles. The van der Waals surface area contributed by atoms with Crippen molar-refractivity contribution >= 4 is 52.4 Å². The van der Waals surface area contributed by atoms with Crippen LogP contribution in [0.1, 0.15) is 65.4 Å². The first kappa shape index (κ1) is 44.1. The minimum atomic E-state index is -1.68. The lowest BCUT2D eigenvalue weighted by Crippen LogP contribution is -2.62. The van der Waals surface area contributed by atoms with Gasteiger partial charge in [-0.05, 0) is 69.9 Å². The van der Waals surface area contributed by atoms with Crippen molar-refractivity contribution < 1.29 is 44.1 Å². The fraction of sp³-hybridized carbons (Fsp3) is 0.583. The van der Waals surface area contributed by atoms with Crippen molar-refractivity contribution in [2.45, 2.75) is 115 Å². The summed E-state index contributed by atoms with van der Waals surface area (Å²) in [5.41, 5.74) is 18.8. The summed E-state index contributed by atoms with van der Waals surface area (Å²) < 4.78 is 0. The molecule has 0 spiro atoms. The Morgan fingerprint density at radius 2 is 1.53 bits per heavy atom. The molecule has 3 rings (SSSR count). The molecule has 1 aliphatic rings. The smallest absolute Gasteiger partial charge is 0.326 e. The number of amides is 5. The van der Waals surface area contributed by atoms with Crippen LogP contribution in [0.5, 0.6) is 0 Å². The Morgan fingerprint density at radius 3 is 2.15 bits per heavy atom. The van der Waals surface area contributed by atoms with Crippen LogP contribution in [0.2, 0.25) is 0 Å². The standard InChI is InChI=1S/C36H56N10O9/c1-18(2)15-26(35(54)55)43-30(49)25(11-7-13-40-36(38)39)42-32(51)28(19(3)47)45-33(52)29(20(4)48)44-31(50)27-12-8-14-46(27)34(53)23(37)16-21-17-41-24-10-6-5-9-22(21)24/h5-6,9-10,17-20,23,25-29,41,47-48H,7-8,11-16,37H2,1-4H3,(H,42,51)(H,43,49)(H,44,50)(H,45,52)(H,54,55)(H4,38,39,40)/t19-,20-,23+,25+,26+,27+,28+,29+/m1/s1. The van der Waals surface area contributed by atoms with Crippen LogP contribution in [0.15, 0.2) is 35.5 Å². The van der Waals surface area contributed by atoms with E-state index in [1.165, 1.54) is 18.7 Å². The summed E-state index contributed by atoms with van der Waals surface area (Å²) in [7, 11) is 0. The third-order valence-corrected chi connectivity index (χ3v) is 9.30. The van der Waals surface area contributed by atoms with Crippen LogP contribution >= 0.6 is 0 Å². The number of carbonyl (C=O) groups excluding carboxylic acids is 5. The number of fused-ring (bicyclic) bond motifs is 1. The number of carboxylic acids is 1. The Morgan fingerprint density at radius 1 is 0.909 bits per heavy atom. The van der Waals surface area contributed by atoms with Crippen LogP contribution in [0.3, 0.4) is 0 Å². The zero-order valence-corrected chi connectivity index (χ0v) is 31.7. The summed E-state index contributed by atoms with van der Waals surface area (Å²) in [5.74, 6) is -5.60. The van der Waals surface area contributed by atoms with Gasteiger partial charge in [-0.2, -0.15) is 0 Å². The largest absolute Gasteiger partial charge is 0.480 e. The van der Waals surface area contributed by atoms with E-state index in [2.05, 4.69) is 31.2 Å². The second kappa shape index (κ2) is 20.4. The highest BCUT2D eigenvalue weighted by Gasteiger charge is 2.40. The average molecular weight is 773 g/mol. The van der Waals surface area contributed by atoms with Gasteiger partial charge in [-0.1, -0.05) is 32.0 Å². The molecule has 5 amide bonds. The Bertz CT molecular complexity index is 1690. The quantitative estimate of drug-likeness (QED) is 0.0392. The minimum absolute atomic E-state index is 0.0444. The van der Waals surface area contributed by atoms with E-state index in [0.29, 0.717) is 6.42 Å². The van der Waals surface area contributed by atoms with E-state index in [9.17, 15) is 44.1 Å². The molecule has 8 atom stereocenters. The second-order valence-corrected chi connectivity index (χ2v) is 14.4. The number of likely N-dealkylation sites (tertiary alicyclic amines) is 1. The molecular weight excluding hydrogens is 716 g/mol. The summed E-state index contributed by atoms with van der Waals surface area (Å²) in [4.78, 5) is 87.5. The Labute approximate surface area is 319 Å².